The highest BCUT2D eigenvalue weighted by Gasteiger charge is 2.33. The van der Waals surface area contributed by atoms with Gasteiger partial charge >= 0.3 is 5.97 Å². The van der Waals surface area contributed by atoms with E-state index in [2.05, 4.69) is 33.9 Å². The number of aliphatic hydroxyl groups is 1. The van der Waals surface area contributed by atoms with Crippen LogP contribution in [-0.2, 0) is 19.2 Å². The van der Waals surface area contributed by atoms with Crippen molar-refractivity contribution in [3.05, 3.63) is 0 Å². The lowest BCUT2D eigenvalue weighted by molar-refractivity contribution is -0.141. The molecular formula is C17H30N4O6S2. The highest BCUT2D eigenvalue weighted by atomic mass is 32.2. The molecule has 5 atom stereocenters. The highest BCUT2D eigenvalue weighted by Crippen LogP contribution is 2.07. The molecule has 1 heterocycles. The quantitative estimate of drug-likeness (QED) is 0.174. The lowest BCUT2D eigenvalue weighted by Crippen LogP contribution is -2.59. The fourth-order valence-electron chi connectivity index (χ4n) is 2.79. The Morgan fingerprint density at radius 2 is 1.83 bits per heavy atom. The van der Waals surface area contributed by atoms with E-state index < -0.39 is 54.0 Å². The Morgan fingerprint density at radius 1 is 1.17 bits per heavy atom. The van der Waals surface area contributed by atoms with Crippen LogP contribution in [0.15, 0.2) is 0 Å². The van der Waals surface area contributed by atoms with E-state index in [4.69, 9.17) is 5.11 Å². The first-order valence-corrected chi connectivity index (χ1v) is 11.4. The van der Waals surface area contributed by atoms with Crippen molar-refractivity contribution >= 4 is 48.1 Å². The number of carbonyl (C=O) groups excluding carboxylic acids is 3. The Bertz CT molecular complexity index is 586. The molecule has 0 aromatic heterocycles. The van der Waals surface area contributed by atoms with Crippen molar-refractivity contribution in [1.29, 1.82) is 0 Å². The molecule has 0 aromatic rings. The van der Waals surface area contributed by atoms with Crippen molar-refractivity contribution in [1.82, 2.24) is 21.3 Å². The summed E-state index contributed by atoms with van der Waals surface area (Å²) in [5, 5.41) is 29.4. The number of nitrogens with one attached hydrogen (secondary N) is 4. The molecule has 0 aromatic carbocycles. The van der Waals surface area contributed by atoms with Crippen LogP contribution in [0.25, 0.3) is 0 Å². The number of carbonyl (C=O) groups is 4. The van der Waals surface area contributed by atoms with Crippen LogP contribution in [0.4, 0.5) is 0 Å². The van der Waals surface area contributed by atoms with Crippen molar-refractivity contribution in [3.8, 4) is 0 Å². The van der Waals surface area contributed by atoms with E-state index in [1.807, 2.05) is 6.26 Å². The molecule has 0 spiro atoms. The molecule has 1 aliphatic heterocycles. The van der Waals surface area contributed by atoms with E-state index in [0.29, 0.717) is 18.7 Å². The predicted molar refractivity (Wildman–Crippen MR) is 113 cm³/mol. The van der Waals surface area contributed by atoms with E-state index in [1.165, 1.54) is 18.7 Å². The molecule has 12 heteroatoms. The second-order valence-corrected chi connectivity index (χ2v) is 8.15. The average molecular weight is 451 g/mol. The Morgan fingerprint density at radius 3 is 2.31 bits per heavy atom. The molecule has 166 valence electrons. The maximum atomic E-state index is 12.7. The molecule has 10 nitrogen and oxygen atoms in total. The van der Waals surface area contributed by atoms with Crippen molar-refractivity contribution in [2.24, 2.45) is 0 Å². The molecule has 0 saturated carbocycles. The Labute approximate surface area is 179 Å². The maximum Gasteiger partial charge on any atom is 0.327 e. The molecule has 29 heavy (non-hydrogen) atoms. The van der Waals surface area contributed by atoms with Gasteiger partial charge in [0.05, 0.1) is 12.1 Å². The first-order valence-electron chi connectivity index (χ1n) is 9.36. The standard InChI is InChI=1S/C17H30N4O6S2/c1-9(22)13(21-14(23)10-4-3-6-18-10)16(25)19-11(5-7-29-2)15(24)20-12(8-28)17(26)27/h9-13,18,22,28H,3-8H2,1-2H3,(H,19,25)(H,20,24)(H,21,23)(H,26,27). The summed E-state index contributed by atoms with van der Waals surface area (Å²) in [4.78, 5) is 48.6. The van der Waals surface area contributed by atoms with Crippen LogP contribution < -0.4 is 21.3 Å². The van der Waals surface area contributed by atoms with E-state index in [1.54, 1.807) is 0 Å². The summed E-state index contributed by atoms with van der Waals surface area (Å²) in [6, 6.07) is -3.87. The first kappa shape index (κ1) is 25.5. The fourth-order valence-corrected chi connectivity index (χ4v) is 3.51. The van der Waals surface area contributed by atoms with E-state index >= 15 is 0 Å². The zero-order valence-corrected chi connectivity index (χ0v) is 18.2. The van der Waals surface area contributed by atoms with Gasteiger partial charge in [-0.3, -0.25) is 14.4 Å². The van der Waals surface area contributed by atoms with Gasteiger partial charge in [-0.15, -0.1) is 0 Å². The molecule has 1 fully saturated rings. The highest BCUT2D eigenvalue weighted by molar-refractivity contribution is 7.98. The van der Waals surface area contributed by atoms with Crippen LogP contribution in [0.2, 0.25) is 0 Å². The number of amides is 3. The number of aliphatic hydroxyl groups excluding tert-OH is 1. The summed E-state index contributed by atoms with van der Waals surface area (Å²) >= 11 is 5.36. The fraction of sp³-hybridized carbons (Fsp3) is 0.765. The number of thioether (sulfide) groups is 1. The Kier molecular flexibility index (Phi) is 11.4. The number of hydrogen-bond donors (Lipinski definition) is 7. The molecule has 6 N–H and O–H groups in total. The Hall–Kier alpha value is -1.50. The molecule has 0 radical (unpaired) electrons. The molecule has 0 bridgehead atoms. The third-order valence-corrected chi connectivity index (χ3v) is 5.49. The van der Waals surface area contributed by atoms with Gasteiger partial charge in [0.1, 0.15) is 18.1 Å². The van der Waals surface area contributed by atoms with Crippen LogP contribution in [0, 0.1) is 0 Å². The number of aliphatic carboxylic acids is 1. The summed E-state index contributed by atoms with van der Waals surface area (Å²) in [6.07, 6.45) is 2.38. The molecule has 1 aliphatic rings. The normalized spacial score (nSPS) is 20.2. The van der Waals surface area contributed by atoms with Crippen molar-refractivity contribution in [2.75, 3.05) is 24.3 Å². The van der Waals surface area contributed by atoms with Crippen LogP contribution in [0.5, 0.6) is 0 Å². The SMILES string of the molecule is CSCCC(NC(=O)C(NC(=O)C1CCCN1)C(C)O)C(=O)NC(CS)C(=O)O. The lowest BCUT2D eigenvalue weighted by atomic mass is 10.1. The van der Waals surface area contributed by atoms with Crippen molar-refractivity contribution < 1.29 is 29.4 Å². The number of rotatable bonds is 12. The summed E-state index contributed by atoms with van der Waals surface area (Å²) in [5.74, 6) is -2.58. The minimum atomic E-state index is -1.24. The zero-order chi connectivity index (χ0) is 22.0. The maximum absolute atomic E-state index is 12.7. The van der Waals surface area contributed by atoms with Crippen LogP contribution in [0.1, 0.15) is 26.2 Å². The van der Waals surface area contributed by atoms with Gasteiger partial charge < -0.3 is 31.5 Å². The van der Waals surface area contributed by atoms with Gasteiger partial charge in [-0.05, 0) is 44.7 Å². The first-order chi connectivity index (χ1) is 13.7. The minimum Gasteiger partial charge on any atom is -0.480 e. The zero-order valence-electron chi connectivity index (χ0n) is 16.5. The topological polar surface area (TPSA) is 157 Å². The number of carboxylic acid groups (broad SMARTS) is 1. The van der Waals surface area contributed by atoms with Crippen molar-refractivity contribution in [3.63, 3.8) is 0 Å². The van der Waals surface area contributed by atoms with E-state index in [-0.39, 0.29) is 12.2 Å². The minimum absolute atomic E-state index is 0.106. The van der Waals surface area contributed by atoms with Gasteiger partial charge in [-0.1, -0.05) is 0 Å². The second-order valence-electron chi connectivity index (χ2n) is 6.80. The van der Waals surface area contributed by atoms with Gasteiger partial charge in [0.15, 0.2) is 0 Å². The van der Waals surface area contributed by atoms with Gasteiger partial charge in [0.2, 0.25) is 17.7 Å². The predicted octanol–water partition coefficient (Wildman–Crippen LogP) is -1.66. The molecule has 3 amide bonds. The van der Waals surface area contributed by atoms with Gasteiger partial charge in [0.25, 0.3) is 0 Å². The summed E-state index contributed by atoms with van der Waals surface area (Å²) in [7, 11) is 0. The molecule has 1 saturated heterocycles. The number of carboxylic acids is 1. The van der Waals surface area contributed by atoms with Gasteiger partial charge in [-0.2, -0.15) is 24.4 Å². The van der Waals surface area contributed by atoms with E-state index in [0.717, 1.165) is 6.42 Å². The molecule has 1 rings (SSSR count). The monoisotopic (exact) mass is 450 g/mol. The lowest BCUT2D eigenvalue weighted by Gasteiger charge is -2.26. The number of hydrogen-bond acceptors (Lipinski definition) is 8. The van der Waals surface area contributed by atoms with Crippen molar-refractivity contribution in [2.45, 2.75) is 56.5 Å². The Balaban J connectivity index is 2.81. The second kappa shape index (κ2) is 12.9. The smallest absolute Gasteiger partial charge is 0.327 e. The van der Waals surface area contributed by atoms with Crippen LogP contribution in [0.3, 0.4) is 0 Å². The average Bonchev–Trinajstić information content (AvgIpc) is 3.21. The van der Waals surface area contributed by atoms with Gasteiger partial charge in [-0.25, -0.2) is 4.79 Å². The number of thiol groups is 1. The summed E-state index contributed by atoms with van der Waals surface area (Å²) in [5.41, 5.74) is 0. The molecule has 0 aliphatic carbocycles. The van der Waals surface area contributed by atoms with Crippen LogP contribution in [-0.4, -0.2) is 88.5 Å². The van der Waals surface area contributed by atoms with Gasteiger partial charge in [0, 0.05) is 5.75 Å². The summed E-state index contributed by atoms with van der Waals surface area (Å²) < 4.78 is 0. The largest absolute Gasteiger partial charge is 0.480 e. The van der Waals surface area contributed by atoms with Crippen LogP contribution >= 0.6 is 24.4 Å². The third kappa shape index (κ3) is 8.41. The molecule has 5 unspecified atom stereocenters. The van der Waals surface area contributed by atoms with E-state index in [9.17, 15) is 24.3 Å². The third-order valence-electron chi connectivity index (χ3n) is 4.48. The molecular weight excluding hydrogens is 420 g/mol. The summed E-state index contributed by atoms with van der Waals surface area (Å²) in [6.45, 7) is 2.07.